The van der Waals surface area contributed by atoms with Crippen molar-refractivity contribution < 1.29 is 10.2 Å². The molecule has 0 fully saturated rings. The minimum atomic E-state index is -1.09. The van der Waals surface area contributed by atoms with E-state index >= 15 is 0 Å². The first-order valence-corrected chi connectivity index (χ1v) is 8.01. The van der Waals surface area contributed by atoms with Crippen LogP contribution in [0.15, 0.2) is 53.5 Å². The molecule has 1 aliphatic heterocycles. The molecule has 6 nitrogen and oxygen atoms in total. The Balaban J connectivity index is 0.000000880. The van der Waals surface area contributed by atoms with Gasteiger partial charge in [-0.3, -0.25) is 4.57 Å². The predicted molar refractivity (Wildman–Crippen MR) is 96.3 cm³/mol. The van der Waals surface area contributed by atoms with Gasteiger partial charge in [0, 0.05) is 23.3 Å². The summed E-state index contributed by atoms with van der Waals surface area (Å²) < 4.78 is 1.82. The number of hydrogen-bond acceptors (Lipinski definition) is 5. The van der Waals surface area contributed by atoms with E-state index in [0.29, 0.717) is 22.4 Å². The minimum Gasteiger partial charge on any atom is -0.400 e. The Morgan fingerprint density at radius 1 is 1.04 bits per heavy atom. The molecule has 0 amide bonds. The number of halogens is 1. The molecule has 2 heterocycles. The molecule has 128 valence electrons. The maximum atomic E-state index is 10.5. The van der Waals surface area contributed by atoms with E-state index in [1.165, 1.54) is 0 Å². The van der Waals surface area contributed by atoms with Crippen LogP contribution in [0.4, 0.5) is 0 Å². The average Bonchev–Trinajstić information content (AvgIpc) is 2.98. The number of aryl methyl sites for hydroxylation is 1. The lowest BCUT2D eigenvalue weighted by molar-refractivity contribution is 0.177. The second kappa shape index (κ2) is 7.14. The van der Waals surface area contributed by atoms with E-state index < -0.39 is 6.23 Å². The van der Waals surface area contributed by atoms with Crippen molar-refractivity contribution in [3.63, 3.8) is 0 Å². The van der Waals surface area contributed by atoms with Crippen molar-refractivity contribution in [3.8, 4) is 5.69 Å². The first kappa shape index (κ1) is 17.3. The Bertz CT molecular complexity index is 922. The highest BCUT2D eigenvalue weighted by Gasteiger charge is 2.26. The second-order valence-corrected chi connectivity index (χ2v) is 5.76. The zero-order chi connectivity index (χ0) is 18.0. The van der Waals surface area contributed by atoms with Gasteiger partial charge in [0.1, 0.15) is 5.82 Å². The Hall–Kier alpha value is -2.54. The molecule has 25 heavy (non-hydrogen) atoms. The molecule has 0 saturated carbocycles. The van der Waals surface area contributed by atoms with Gasteiger partial charge in [0.25, 0.3) is 0 Å². The van der Waals surface area contributed by atoms with Crippen LogP contribution in [0.25, 0.3) is 5.69 Å². The number of benzene rings is 2. The van der Waals surface area contributed by atoms with Crippen LogP contribution in [-0.2, 0) is 0 Å². The maximum absolute atomic E-state index is 10.5. The molecule has 2 N–H and O–H groups in total. The highest BCUT2D eigenvalue weighted by molar-refractivity contribution is 6.31. The molecule has 1 aliphatic rings. The fourth-order valence-electron chi connectivity index (χ4n) is 2.81. The van der Waals surface area contributed by atoms with Gasteiger partial charge < -0.3 is 10.2 Å². The predicted octanol–water partition coefficient (Wildman–Crippen LogP) is 2.68. The molecule has 1 unspecified atom stereocenters. The van der Waals surface area contributed by atoms with Crippen LogP contribution in [0.5, 0.6) is 0 Å². The molecule has 0 spiro atoms. The zero-order valence-electron chi connectivity index (χ0n) is 13.8. The van der Waals surface area contributed by atoms with Crippen LogP contribution in [0, 0.1) is 6.92 Å². The first-order chi connectivity index (χ1) is 12.1. The molecule has 1 aromatic heterocycles. The summed E-state index contributed by atoms with van der Waals surface area (Å²) in [6, 6.07) is 15.3. The van der Waals surface area contributed by atoms with Gasteiger partial charge in [-0.1, -0.05) is 41.9 Å². The third-order valence-corrected chi connectivity index (χ3v) is 4.07. The van der Waals surface area contributed by atoms with Crippen LogP contribution >= 0.6 is 11.6 Å². The summed E-state index contributed by atoms with van der Waals surface area (Å²) in [5.41, 5.74) is 3.28. The highest BCUT2D eigenvalue weighted by Crippen LogP contribution is 2.31. The van der Waals surface area contributed by atoms with Crippen molar-refractivity contribution in [2.24, 2.45) is 4.99 Å². The van der Waals surface area contributed by atoms with E-state index in [-0.39, 0.29) is 0 Å². The van der Waals surface area contributed by atoms with Crippen molar-refractivity contribution in [3.05, 3.63) is 76.3 Å². The van der Waals surface area contributed by atoms with Crippen molar-refractivity contribution in [2.75, 3.05) is 7.11 Å². The van der Waals surface area contributed by atoms with E-state index in [0.717, 1.165) is 23.9 Å². The quantitative estimate of drug-likeness (QED) is 0.702. The van der Waals surface area contributed by atoms with Crippen LogP contribution in [-0.4, -0.2) is 37.8 Å². The third-order valence-electron chi connectivity index (χ3n) is 3.83. The number of hydrogen-bond donors (Lipinski definition) is 2. The molecule has 2 aromatic carbocycles. The summed E-state index contributed by atoms with van der Waals surface area (Å²) in [4.78, 5) is 4.47. The van der Waals surface area contributed by atoms with Gasteiger partial charge in [-0.15, -0.1) is 10.2 Å². The van der Waals surface area contributed by atoms with Gasteiger partial charge in [0.05, 0.1) is 11.4 Å². The average molecular weight is 357 g/mol. The molecular formula is C18H17ClN4O2. The lowest BCUT2D eigenvalue weighted by Gasteiger charge is -2.12. The van der Waals surface area contributed by atoms with Gasteiger partial charge in [-0.2, -0.15) is 0 Å². The summed E-state index contributed by atoms with van der Waals surface area (Å²) in [5, 5.41) is 26.2. The maximum Gasteiger partial charge on any atom is 0.207 e. The Kier molecular flexibility index (Phi) is 4.94. The molecular weight excluding hydrogens is 340 g/mol. The molecule has 1 atom stereocenters. The molecule has 0 aliphatic carbocycles. The Labute approximate surface area is 150 Å². The smallest absolute Gasteiger partial charge is 0.207 e. The van der Waals surface area contributed by atoms with Crippen molar-refractivity contribution in [2.45, 2.75) is 13.2 Å². The fraction of sp³-hybridized carbons (Fsp3) is 0.167. The summed E-state index contributed by atoms with van der Waals surface area (Å²) >= 11 is 6.20. The van der Waals surface area contributed by atoms with Gasteiger partial charge in [0.15, 0.2) is 5.82 Å². The lowest BCUT2D eigenvalue weighted by Crippen LogP contribution is -2.08. The largest absolute Gasteiger partial charge is 0.400 e. The van der Waals surface area contributed by atoms with E-state index in [9.17, 15) is 5.11 Å². The number of nitrogens with zero attached hydrogens (tertiary/aromatic N) is 4. The van der Waals surface area contributed by atoms with Crippen LogP contribution in [0.2, 0.25) is 5.02 Å². The Morgan fingerprint density at radius 2 is 1.76 bits per heavy atom. The molecule has 0 saturated heterocycles. The first-order valence-electron chi connectivity index (χ1n) is 7.63. The number of fused-ring (bicyclic) bond motifs is 3. The SMILES string of the molecule is CO.Cc1nnc2n1-c1ccc(Cl)cc1C(c1ccccc1)=NC2O. The van der Waals surface area contributed by atoms with Crippen molar-refractivity contribution in [1.82, 2.24) is 14.8 Å². The van der Waals surface area contributed by atoms with Crippen LogP contribution in [0.1, 0.15) is 29.0 Å². The summed E-state index contributed by atoms with van der Waals surface area (Å²) in [7, 11) is 1.00. The van der Waals surface area contributed by atoms with E-state index in [1.54, 1.807) is 0 Å². The zero-order valence-corrected chi connectivity index (χ0v) is 14.5. The summed E-state index contributed by atoms with van der Waals surface area (Å²) in [5.74, 6) is 1.09. The van der Waals surface area contributed by atoms with Crippen molar-refractivity contribution >= 4 is 17.3 Å². The summed E-state index contributed by atoms with van der Waals surface area (Å²) in [6.07, 6.45) is -1.09. The summed E-state index contributed by atoms with van der Waals surface area (Å²) in [6.45, 7) is 1.84. The molecule has 0 radical (unpaired) electrons. The Morgan fingerprint density at radius 3 is 2.48 bits per heavy atom. The fourth-order valence-corrected chi connectivity index (χ4v) is 2.98. The molecule has 3 aromatic rings. The number of aliphatic imine (C=N–C) groups is 1. The number of aliphatic hydroxyl groups excluding tert-OH is 2. The minimum absolute atomic E-state index is 0.400. The normalized spacial score (nSPS) is 15.2. The highest BCUT2D eigenvalue weighted by atomic mass is 35.5. The van der Waals surface area contributed by atoms with E-state index in [4.69, 9.17) is 16.7 Å². The molecule has 4 rings (SSSR count). The number of rotatable bonds is 1. The van der Waals surface area contributed by atoms with E-state index in [2.05, 4.69) is 15.2 Å². The molecule has 7 heteroatoms. The van der Waals surface area contributed by atoms with Crippen molar-refractivity contribution in [1.29, 1.82) is 0 Å². The standard InChI is InChI=1S/C17H13ClN4O.CH4O/c1-10-20-21-16-17(23)19-15(11-5-3-2-4-6-11)13-9-12(18)7-8-14(13)22(10)16;1-2/h2-9,17,23H,1H3;2H,1H3. The number of aromatic nitrogens is 3. The van der Waals surface area contributed by atoms with Gasteiger partial charge in [-0.05, 0) is 25.1 Å². The second-order valence-electron chi connectivity index (χ2n) is 5.32. The van der Waals surface area contributed by atoms with Crippen LogP contribution in [0.3, 0.4) is 0 Å². The van der Waals surface area contributed by atoms with Gasteiger partial charge in [0.2, 0.25) is 6.23 Å². The van der Waals surface area contributed by atoms with Gasteiger partial charge in [-0.25, -0.2) is 4.99 Å². The number of aliphatic hydroxyl groups is 2. The third kappa shape index (κ3) is 3.07. The topological polar surface area (TPSA) is 83.5 Å². The monoisotopic (exact) mass is 356 g/mol. The molecule has 0 bridgehead atoms. The van der Waals surface area contributed by atoms with Gasteiger partial charge >= 0.3 is 0 Å². The lowest BCUT2D eigenvalue weighted by atomic mass is 10.0. The van der Waals surface area contributed by atoms with E-state index in [1.807, 2.05) is 60.0 Å². The van der Waals surface area contributed by atoms with Crippen LogP contribution < -0.4 is 0 Å².